The van der Waals surface area contributed by atoms with E-state index in [-0.39, 0.29) is 31.0 Å². The molecular weight excluding hydrogens is 418 g/mol. The maximum atomic E-state index is 13.1. The third-order valence-corrected chi connectivity index (χ3v) is 3.81. The summed E-state index contributed by atoms with van der Waals surface area (Å²) >= 11 is 0. The second kappa shape index (κ2) is 9.70. The molecule has 11 heteroatoms. The van der Waals surface area contributed by atoms with E-state index in [0.29, 0.717) is 0 Å². The minimum absolute atomic E-state index is 0.0901. The Hall–Kier alpha value is -2.95. The van der Waals surface area contributed by atoms with Crippen molar-refractivity contribution in [2.24, 2.45) is 0 Å². The van der Waals surface area contributed by atoms with Crippen LogP contribution in [0.1, 0.15) is 16.7 Å². The van der Waals surface area contributed by atoms with Crippen LogP contribution in [0.5, 0.6) is 5.75 Å². The highest BCUT2D eigenvalue weighted by atomic mass is 19.4. The number of benzene rings is 2. The molecule has 0 atom stereocenters. The Morgan fingerprint density at radius 1 is 0.967 bits per heavy atom. The van der Waals surface area contributed by atoms with Gasteiger partial charge in [-0.15, -0.1) is 0 Å². The largest absolute Gasteiger partial charge is 0.491 e. The second-order valence-electron chi connectivity index (χ2n) is 6.03. The topological polar surface area (TPSA) is 59.6 Å². The van der Waals surface area contributed by atoms with Crippen molar-refractivity contribution in [2.75, 3.05) is 25.6 Å². The number of carbonyl (C=O) groups is 1. The van der Waals surface area contributed by atoms with E-state index < -0.39 is 35.3 Å². The normalized spacial score (nSPS) is 11.8. The third kappa shape index (κ3) is 6.55. The van der Waals surface area contributed by atoms with Crippen molar-refractivity contribution in [3.63, 3.8) is 0 Å². The number of nitrogens with one attached hydrogen (secondary N) is 2. The Bertz CT molecular complexity index is 868. The van der Waals surface area contributed by atoms with Crippen LogP contribution in [-0.2, 0) is 23.7 Å². The first-order valence-corrected chi connectivity index (χ1v) is 8.55. The van der Waals surface area contributed by atoms with Gasteiger partial charge in [-0.25, -0.2) is 4.79 Å². The molecule has 2 rings (SSSR count). The Morgan fingerprint density at radius 2 is 1.63 bits per heavy atom. The maximum Gasteiger partial charge on any atom is 0.419 e. The van der Waals surface area contributed by atoms with Crippen LogP contribution in [0.3, 0.4) is 0 Å². The molecular formula is C19H18F6N2O3. The highest BCUT2D eigenvalue weighted by Crippen LogP contribution is 2.36. The number of carbonyl (C=O) groups excluding carboxylic acids is 1. The van der Waals surface area contributed by atoms with Crippen molar-refractivity contribution in [1.29, 1.82) is 0 Å². The number of hydrogen-bond donors (Lipinski definition) is 2. The number of urea groups is 1. The number of hydrogen-bond acceptors (Lipinski definition) is 3. The molecule has 164 valence electrons. The average molecular weight is 436 g/mol. The van der Waals surface area contributed by atoms with E-state index in [4.69, 9.17) is 9.47 Å². The average Bonchev–Trinajstić information content (AvgIpc) is 2.65. The number of para-hydroxylation sites is 1. The van der Waals surface area contributed by atoms with Gasteiger partial charge in [0.05, 0.1) is 24.3 Å². The molecule has 2 aromatic rings. The van der Waals surface area contributed by atoms with E-state index >= 15 is 0 Å². The number of amides is 2. The monoisotopic (exact) mass is 436 g/mol. The van der Waals surface area contributed by atoms with Crippen LogP contribution in [0.15, 0.2) is 42.5 Å². The molecule has 0 saturated carbocycles. The molecule has 0 aromatic heterocycles. The van der Waals surface area contributed by atoms with E-state index in [9.17, 15) is 31.1 Å². The number of methoxy groups -OCH3 is 1. The Morgan fingerprint density at radius 3 is 2.27 bits per heavy atom. The lowest BCUT2D eigenvalue weighted by molar-refractivity contribution is -0.139. The zero-order chi connectivity index (χ0) is 22.4. The fraction of sp³-hybridized carbons (Fsp3) is 0.316. The van der Waals surface area contributed by atoms with Crippen LogP contribution in [0.25, 0.3) is 0 Å². The summed E-state index contributed by atoms with van der Waals surface area (Å²) in [5.74, 6) is -0.393. The van der Waals surface area contributed by atoms with Crippen molar-refractivity contribution < 1.29 is 40.6 Å². The van der Waals surface area contributed by atoms with Gasteiger partial charge >= 0.3 is 18.4 Å². The van der Waals surface area contributed by atoms with Gasteiger partial charge < -0.3 is 20.1 Å². The predicted molar refractivity (Wildman–Crippen MR) is 96.1 cm³/mol. The summed E-state index contributed by atoms with van der Waals surface area (Å²) in [6.07, 6.45) is -9.23. The fourth-order valence-corrected chi connectivity index (χ4v) is 2.53. The van der Waals surface area contributed by atoms with Crippen molar-refractivity contribution in [3.8, 4) is 5.75 Å². The number of alkyl halides is 6. The molecule has 0 aliphatic carbocycles. The summed E-state index contributed by atoms with van der Waals surface area (Å²) < 4.78 is 87.8. The van der Waals surface area contributed by atoms with Crippen LogP contribution in [-0.4, -0.2) is 26.3 Å². The standard InChI is InChI=1S/C19H18F6N2O3/c1-29-11-12-6-7-13(10-15(12)19(23,24)25)27-17(28)26-8-9-30-16-5-3-2-4-14(16)18(20,21)22/h2-7,10H,8-9,11H2,1H3,(H2,26,27,28). The molecule has 0 heterocycles. The SMILES string of the molecule is COCc1ccc(NC(=O)NCCOc2ccccc2C(F)(F)F)cc1C(F)(F)F. The minimum atomic E-state index is -4.64. The van der Waals surface area contributed by atoms with E-state index in [2.05, 4.69) is 10.6 Å². The fourth-order valence-electron chi connectivity index (χ4n) is 2.53. The van der Waals surface area contributed by atoms with E-state index in [1.807, 2.05) is 0 Å². The Kier molecular flexibility index (Phi) is 7.54. The first-order valence-electron chi connectivity index (χ1n) is 8.55. The molecule has 2 amide bonds. The zero-order valence-electron chi connectivity index (χ0n) is 15.7. The molecule has 2 aromatic carbocycles. The lowest BCUT2D eigenvalue weighted by Gasteiger charge is -2.15. The van der Waals surface area contributed by atoms with Crippen LogP contribution in [0, 0.1) is 0 Å². The first kappa shape index (κ1) is 23.3. The van der Waals surface area contributed by atoms with Gasteiger partial charge in [-0.2, -0.15) is 26.3 Å². The van der Waals surface area contributed by atoms with Gasteiger partial charge in [0.15, 0.2) is 0 Å². The molecule has 0 bridgehead atoms. The molecule has 0 spiro atoms. The number of halogens is 6. The summed E-state index contributed by atoms with van der Waals surface area (Å²) in [5, 5.41) is 4.53. The summed E-state index contributed by atoms with van der Waals surface area (Å²) in [5.41, 5.74) is -2.10. The third-order valence-electron chi connectivity index (χ3n) is 3.81. The van der Waals surface area contributed by atoms with Gasteiger partial charge in [-0.05, 0) is 29.8 Å². The minimum Gasteiger partial charge on any atom is -0.491 e. The lowest BCUT2D eigenvalue weighted by Crippen LogP contribution is -2.32. The number of ether oxygens (including phenoxy) is 2. The van der Waals surface area contributed by atoms with Crippen LogP contribution < -0.4 is 15.4 Å². The first-order chi connectivity index (χ1) is 14.0. The van der Waals surface area contributed by atoms with Crippen molar-refractivity contribution in [2.45, 2.75) is 19.0 Å². The molecule has 30 heavy (non-hydrogen) atoms. The Balaban J connectivity index is 1.92. The summed E-state index contributed by atoms with van der Waals surface area (Å²) in [6, 6.07) is 6.98. The zero-order valence-corrected chi connectivity index (χ0v) is 15.7. The van der Waals surface area contributed by atoms with Crippen molar-refractivity contribution in [3.05, 3.63) is 59.2 Å². The molecule has 0 saturated heterocycles. The van der Waals surface area contributed by atoms with Crippen molar-refractivity contribution >= 4 is 11.7 Å². The molecule has 0 radical (unpaired) electrons. The quantitative estimate of drug-likeness (QED) is 0.471. The van der Waals surface area contributed by atoms with Gasteiger partial charge in [-0.3, -0.25) is 0 Å². The van der Waals surface area contributed by atoms with E-state index in [0.717, 1.165) is 18.2 Å². The maximum absolute atomic E-state index is 13.1. The van der Waals surface area contributed by atoms with Gasteiger partial charge in [0.25, 0.3) is 0 Å². The molecule has 2 N–H and O–H groups in total. The van der Waals surface area contributed by atoms with Gasteiger partial charge in [0, 0.05) is 12.8 Å². The molecule has 5 nitrogen and oxygen atoms in total. The smallest absolute Gasteiger partial charge is 0.419 e. The molecule has 0 aliphatic heterocycles. The second-order valence-corrected chi connectivity index (χ2v) is 6.03. The van der Waals surface area contributed by atoms with Crippen LogP contribution in [0.2, 0.25) is 0 Å². The van der Waals surface area contributed by atoms with Crippen LogP contribution >= 0.6 is 0 Å². The highest BCUT2D eigenvalue weighted by molar-refractivity contribution is 5.89. The molecule has 0 unspecified atom stereocenters. The predicted octanol–water partition coefficient (Wildman–Crippen LogP) is 5.07. The van der Waals surface area contributed by atoms with E-state index in [1.165, 1.54) is 31.4 Å². The van der Waals surface area contributed by atoms with E-state index in [1.54, 1.807) is 0 Å². The van der Waals surface area contributed by atoms with Gasteiger partial charge in [-0.1, -0.05) is 18.2 Å². The lowest BCUT2D eigenvalue weighted by atomic mass is 10.1. The summed E-state index contributed by atoms with van der Waals surface area (Å²) in [7, 11) is 1.26. The summed E-state index contributed by atoms with van der Waals surface area (Å²) in [4.78, 5) is 11.9. The summed E-state index contributed by atoms with van der Waals surface area (Å²) in [6.45, 7) is -0.703. The van der Waals surface area contributed by atoms with Crippen LogP contribution in [0.4, 0.5) is 36.8 Å². The number of rotatable bonds is 7. The van der Waals surface area contributed by atoms with Crippen molar-refractivity contribution in [1.82, 2.24) is 5.32 Å². The molecule has 0 fully saturated rings. The molecule has 0 aliphatic rings. The highest BCUT2D eigenvalue weighted by Gasteiger charge is 2.34. The Labute approximate surface area is 168 Å². The van der Waals surface area contributed by atoms with Gasteiger partial charge in [0.2, 0.25) is 0 Å². The number of anilines is 1. The van der Waals surface area contributed by atoms with Gasteiger partial charge in [0.1, 0.15) is 12.4 Å².